The third kappa shape index (κ3) is 4.44. The number of hydrogen-bond donors (Lipinski definition) is 1. The molecule has 3 rings (SSSR count). The average molecular weight is 434 g/mol. The Hall–Kier alpha value is -2.82. The van der Waals surface area contributed by atoms with E-state index in [1.807, 2.05) is 11.5 Å². The van der Waals surface area contributed by atoms with Crippen molar-refractivity contribution in [2.45, 2.75) is 25.7 Å². The number of esters is 1. The number of ketones is 1. The lowest BCUT2D eigenvalue weighted by Crippen LogP contribution is -2.14. The van der Waals surface area contributed by atoms with Gasteiger partial charge in [0.2, 0.25) is 15.8 Å². The lowest BCUT2D eigenvalue weighted by molar-refractivity contribution is 0.0479. The molecule has 2 heterocycles. The molecule has 29 heavy (non-hydrogen) atoms. The zero-order chi connectivity index (χ0) is 21.3. The van der Waals surface area contributed by atoms with Crippen LogP contribution in [-0.4, -0.2) is 36.3 Å². The number of ether oxygens (including phenoxy) is 1. The second-order valence-electron chi connectivity index (χ2n) is 6.40. The standard InChI is InChI=1S/C19H19N3O5S2/c1-11-8-16(17(23)10-27-19(24)18-9-21-13(3)28-18)12(2)22(11)14-4-6-15(7-5-14)29(20,25)26/h4-9H,10H2,1-3H3,(H2,20,25,26). The SMILES string of the molecule is Cc1ncc(C(=O)OCC(=O)c2cc(C)n(-c3ccc(S(N)(=O)=O)cc3)c2C)s1. The molecule has 3 aromatic rings. The van der Waals surface area contributed by atoms with E-state index in [1.54, 1.807) is 32.0 Å². The van der Waals surface area contributed by atoms with E-state index in [4.69, 9.17) is 9.88 Å². The van der Waals surface area contributed by atoms with E-state index < -0.39 is 16.0 Å². The minimum atomic E-state index is -3.78. The molecule has 0 saturated heterocycles. The maximum atomic E-state index is 12.6. The molecule has 0 aliphatic rings. The molecule has 0 spiro atoms. The number of carbonyl (C=O) groups is 2. The highest BCUT2D eigenvalue weighted by atomic mass is 32.2. The van der Waals surface area contributed by atoms with Crippen LogP contribution in [0.25, 0.3) is 5.69 Å². The Balaban J connectivity index is 1.79. The summed E-state index contributed by atoms with van der Waals surface area (Å²) in [6.07, 6.45) is 1.42. The van der Waals surface area contributed by atoms with Gasteiger partial charge < -0.3 is 9.30 Å². The number of nitrogens with zero attached hydrogens (tertiary/aromatic N) is 2. The maximum absolute atomic E-state index is 12.6. The number of thiazole rings is 1. The predicted octanol–water partition coefficient (Wildman–Crippen LogP) is 2.55. The van der Waals surface area contributed by atoms with Crippen LogP contribution in [0.3, 0.4) is 0 Å². The van der Waals surface area contributed by atoms with Crippen LogP contribution in [0, 0.1) is 20.8 Å². The van der Waals surface area contributed by atoms with Crippen molar-refractivity contribution < 1.29 is 22.7 Å². The van der Waals surface area contributed by atoms with Crippen LogP contribution in [0.5, 0.6) is 0 Å². The summed E-state index contributed by atoms with van der Waals surface area (Å²) in [5.41, 5.74) is 2.54. The van der Waals surface area contributed by atoms with Gasteiger partial charge in [-0.3, -0.25) is 4.79 Å². The Morgan fingerprint density at radius 2 is 1.83 bits per heavy atom. The second kappa shape index (κ2) is 7.90. The number of aromatic nitrogens is 2. The fraction of sp³-hybridized carbons (Fsp3) is 0.211. The molecule has 0 bridgehead atoms. The maximum Gasteiger partial charge on any atom is 0.350 e. The topological polar surface area (TPSA) is 121 Å². The van der Waals surface area contributed by atoms with Gasteiger partial charge in [0.15, 0.2) is 6.61 Å². The van der Waals surface area contributed by atoms with E-state index in [-0.39, 0.29) is 17.3 Å². The average Bonchev–Trinajstić information content (AvgIpc) is 3.22. The molecule has 0 atom stereocenters. The van der Waals surface area contributed by atoms with E-state index in [9.17, 15) is 18.0 Å². The summed E-state index contributed by atoms with van der Waals surface area (Å²) in [6.45, 7) is 4.98. The first-order chi connectivity index (χ1) is 13.6. The Morgan fingerprint density at radius 3 is 2.38 bits per heavy atom. The first-order valence-electron chi connectivity index (χ1n) is 8.53. The van der Waals surface area contributed by atoms with Gasteiger partial charge in [0.1, 0.15) is 4.88 Å². The van der Waals surface area contributed by atoms with E-state index in [0.717, 1.165) is 10.7 Å². The highest BCUT2D eigenvalue weighted by molar-refractivity contribution is 7.89. The van der Waals surface area contributed by atoms with Gasteiger partial charge in [-0.1, -0.05) is 0 Å². The second-order valence-corrected chi connectivity index (χ2v) is 9.20. The van der Waals surface area contributed by atoms with Crippen molar-refractivity contribution in [3.63, 3.8) is 0 Å². The van der Waals surface area contributed by atoms with Gasteiger partial charge in [0, 0.05) is 22.6 Å². The molecule has 0 aliphatic heterocycles. The van der Waals surface area contributed by atoms with Crippen molar-refractivity contribution in [2.24, 2.45) is 5.14 Å². The van der Waals surface area contributed by atoms with Gasteiger partial charge in [0.05, 0.1) is 16.1 Å². The molecule has 1 aromatic carbocycles. The summed E-state index contributed by atoms with van der Waals surface area (Å²) >= 11 is 1.20. The quantitative estimate of drug-likeness (QED) is 0.471. The van der Waals surface area contributed by atoms with Crippen molar-refractivity contribution in [2.75, 3.05) is 6.61 Å². The number of hydrogen-bond acceptors (Lipinski definition) is 7. The lowest BCUT2D eigenvalue weighted by Gasteiger charge is -2.10. The fourth-order valence-electron chi connectivity index (χ4n) is 2.96. The Kier molecular flexibility index (Phi) is 5.69. The van der Waals surface area contributed by atoms with Crippen LogP contribution in [0.15, 0.2) is 41.4 Å². The zero-order valence-corrected chi connectivity index (χ0v) is 17.6. The first kappa shape index (κ1) is 20.9. The molecule has 2 aromatic heterocycles. The van der Waals surface area contributed by atoms with Crippen LogP contribution in [-0.2, 0) is 14.8 Å². The number of benzene rings is 1. The van der Waals surface area contributed by atoms with Gasteiger partial charge in [-0.05, 0) is 51.1 Å². The molecule has 0 saturated carbocycles. The smallest absolute Gasteiger partial charge is 0.350 e. The summed E-state index contributed by atoms with van der Waals surface area (Å²) < 4.78 is 29.8. The molecular formula is C19H19N3O5S2. The minimum absolute atomic E-state index is 0.00484. The molecule has 0 fully saturated rings. The third-order valence-corrected chi connectivity index (χ3v) is 6.13. The number of carbonyl (C=O) groups excluding carboxylic acids is 2. The van der Waals surface area contributed by atoms with Crippen molar-refractivity contribution in [1.29, 1.82) is 0 Å². The minimum Gasteiger partial charge on any atom is -0.453 e. The van der Waals surface area contributed by atoms with Crippen LogP contribution < -0.4 is 5.14 Å². The highest BCUT2D eigenvalue weighted by Crippen LogP contribution is 2.23. The van der Waals surface area contributed by atoms with Crippen molar-refractivity contribution >= 4 is 33.1 Å². The summed E-state index contributed by atoms with van der Waals surface area (Å²) in [5.74, 6) is -0.920. The van der Waals surface area contributed by atoms with Crippen LogP contribution in [0.4, 0.5) is 0 Å². The van der Waals surface area contributed by atoms with E-state index >= 15 is 0 Å². The number of sulfonamides is 1. The van der Waals surface area contributed by atoms with Gasteiger partial charge >= 0.3 is 5.97 Å². The molecular weight excluding hydrogens is 414 g/mol. The number of nitrogens with two attached hydrogens (primary N) is 1. The van der Waals surface area contributed by atoms with Crippen LogP contribution >= 0.6 is 11.3 Å². The van der Waals surface area contributed by atoms with E-state index in [1.165, 1.54) is 29.7 Å². The predicted molar refractivity (Wildman–Crippen MR) is 108 cm³/mol. The molecule has 8 nitrogen and oxygen atoms in total. The Labute approximate surface area is 172 Å². The summed E-state index contributed by atoms with van der Waals surface area (Å²) in [6, 6.07) is 7.74. The van der Waals surface area contributed by atoms with E-state index in [0.29, 0.717) is 21.8 Å². The number of aryl methyl sites for hydroxylation is 2. The van der Waals surface area contributed by atoms with Crippen molar-refractivity contribution in [3.8, 4) is 5.69 Å². The molecule has 10 heteroatoms. The molecule has 0 aliphatic carbocycles. The van der Waals surface area contributed by atoms with E-state index in [2.05, 4.69) is 4.98 Å². The lowest BCUT2D eigenvalue weighted by atomic mass is 10.1. The fourth-order valence-corrected chi connectivity index (χ4v) is 4.15. The van der Waals surface area contributed by atoms with Crippen LogP contribution in [0.2, 0.25) is 0 Å². The van der Waals surface area contributed by atoms with Crippen molar-refractivity contribution in [1.82, 2.24) is 9.55 Å². The Morgan fingerprint density at radius 1 is 1.17 bits per heavy atom. The summed E-state index contributed by atoms with van der Waals surface area (Å²) in [4.78, 5) is 28.9. The summed E-state index contributed by atoms with van der Waals surface area (Å²) in [7, 11) is -3.78. The Bertz CT molecular complexity index is 1190. The highest BCUT2D eigenvalue weighted by Gasteiger charge is 2.19. The van der Waals surface area contributed by atoms with Gasteiger partial charge in [-0.25, -0.2) is 23.3 Å². The molecule has 152 valence electrons. The molecule has 0 amide bonds. The van der Waals surface area contributed by atoms with Crippen LogP contribution in [0.1, 0.15) is 36.4 Å². The van der Waals surface area contributed by atoms with Gasteiger partial charge in [0.25, 0.3) is 0 Å². The zero-order valence-electron chi connectivity index (χ0n) is 16.0. The monoisotopic (exact) mass is 433 g/mol. The first-order valence-corrected chi connectivity index (χ1v) is 10.9. The molecule has 2 N–H and O–H groups in total. The number of rotatable bonds is 6. The number of primary sulfonamides is 1. The molecule has 0 radical (unpaired) electrons. The van der Waals surface area contributed by atoms with Gasteiger partial charge in [-0.15, -0.1) is 11.3 Å². The summed E-state index contributed by atoms with van der Waals surface area (Å²) in [5, 5.41) is 5.86. The molecule has 0 unspecified atom stereocenters. The third-order valence-electron chi connectivity index (χ3n) is 4.31. The van der Waals surface area contributed by atoms with Gasteiger partial charge in [-0.2, -0.15) is 0 Å². The largest absolute Gasteiger partial charge is 0.453 e. The van der Waals surface area contributed by atoms with Crippen molar-refractivity contribution in [3.05, 3.63) is 63.4 Å². The number of Topliss-reactive ketones (excluding diaryl/α,β-unsaturated/α-hetero) is 1. The normalized spacial score (nSPS) is 11.4.